The van der Waals surface area contributed by atoms with Gasteiger partial charge in [-0.2, -0.15) is 4.31 Å². The van der Waals surface area contributed by atoms with Gasteiger partial charge in [-0.15, -0.1) is 11.3 Å². The molecule has 2 heterocycles. The molecule has 0 bridgehead atoms. The smallest absolute Gasteiger partial charge is 0.317 e. The Bertz CT molecular complexity index is 1010. The maximum atomic E-state index is 14.0. The molecule has 30 heavy (non-hydrogen) atoms. The van der Waals surface area contributed by atoms with Gasteiger partial charge in [-0.3, -0.25) is 0 Å². The van der Waals surface area contributed by atoms with Gasteiger partial charge in [0.15, 0.2) is 0 Å². The Hall–Kier alpha value is -2.08. The van der Waals surface area contributed by atoms with Gasteiger partial charge >= 0.3 is 6.03 Å². The van der Waals surface area contributed by atoms with Crippen molar-refractivity contribution in [1.29, 1.82) is 0 Å². The number of rotatable bonds is 6. The van der Waals surface area contributed by atoms with Crippen molar-refractivity contribution in [3.05, 3.63) is 52.4 Å². The van der Waals surface area contributed by atoms with Gasteiger partial charge in [0.2, 0.25) is 0 Å². The molecule has 1 fully saturated rings. The molecule has 0 saturated carbocycles. The Kier molecular flexibility index (Phi) is 7.06. The minimum Gasteiger partial charge on any atom is -0.379 e. The minimum atomic E-state index is -3.58. The molecule has 3 rings (SSSR count). The summed E-state index contributed by atoms with van der Waals surface area (Å²) < 4.78 is 59.5. The Balaban J connectivity index is 1.61. The lowest BCUT2D eigenvalue weighted by molar-refractivity contribution is 0.0731. The number of thiophene rings is 1. The minimum absolute atomic E-state index is 0.0719. The van der Waals surface area contributed by atoms with E-state index >= 15 is 0 Å². The maximum absolute atomic E-state index is 14.0. The van der Waals surface area contributed by atoms with E-state index in [0.717, 1.165) is 29.5 Å². The van der Waals surface area contributed by atoms with Gasteiger partial charge in [0.1, 0.15) is 15.8 Å². The van der Waals surface area contributed by atoms with E-state index in [9.17, 15) is 22.0 Å². The van der Waals surface area contributed by atoms with Gasteiger partial charge in [0, 0.05) is 30.6 Å². The molecule has 164 valence electrons. The Morgan fingerprint density at radius 1 is 1.27 bits per heavy atom. The van der Waals surface area contributed by atoms with Crippen LogP contribution in [0.25, 0.3) is 0 Å². The van der Waals surface area contributed by atoms with Crippen LogP contribution in [0.5, 0.6) is 0 Å². The van der Waals surface area contributed by atoms with Crippen molar-refractivity contribution in [3.8, 4) is 0 Å². The second-order valence-electron chi connectivity index (χ2n) is 6.85. The first-order valence-corrected chi connectivity index (χ1v) is 11.6. The summed E-state index contributed by atoms with van der Waals surface area (Å²) >= 11 is 1.08. The van der Waals surface area contributed by atoms with Gasteiger partial charge in [0.25, 0.3) is 10.0 Å². The summed E-state index contributed by atoms with van der Waals surface area (Å²) in [6, 6.07) is 5.09. The van der Waals surface area contributed by atoms with Crippen molar-refractivity contribution in [2.24, 2.45) is 0 Å². The molecule has 1 saturated heterocycles. The summed E-state index contributed by atoms with van der Waals surface area (Å²) in [5, 5.41) is 2.68. The zero-order valence-electron chi connectivity index (χ0n) is 16.6. The third-order valence-electron chi connectivity index (χ3n) is 4.92. The number of benzene rings is 1. The van der Waals surface area contributed by atoms with Crippen LogP contribution in [0.2, 0.25) is 0 Å². The highest BCUT2D eigenvalue weighted by molar-refractivity contribution is 7.91. The number of morpholine rings is 1. The fourth-order valence-electron chi connectivity index (χ4n) is 3.01. The first-order valence-electron chi connectivity index (χ1n) is 9.32. The van der Waals surface area contributed by atoms with Crippen molar-refractivity contribution in [1.82, 2.24) is 14.5 Å². The molecule has 0 radical (unpaired) electrons. The molecule has 1 aliphatic heterocycles. The quantitative estimate of drug-likeness (QED) is 0.721. The number of urea groups is 1. The van der Waals surface area contributed by atoms with E-state index in [2.05, 4.69) is 5.32 Å². The summed E-state index contributed by atoms with van der Waals surface area (Å²) in [7, 11) is -2.10. The number of carbonyl (C=O) groups is 1. The third-order valence-corrected chi connectivity index (χ3v) is 8.38. The predicted octanol–water partition coefficient (Wildman–Crippen LogP) is 2.95. The first-order chi connectivity index (χ1) is 14.2. The number of hydrogen-bond donors (Lipinski definition) is 1. The average Bonchev–Trinajstić information content (AvgIpc) is 3.23. The fraction of sp³-hybridized carbons (Fsp3) is 0.421. The highest BCUT2D eigenvalue weighted by Crippen LogP contribution is 2.26. The highest BCUT2D eigenvalue weighted by Gasteiger charge is 2.28. The van der Waals surface area contributed by atoms with Crippen LogP contribution in [0.1, 0.15) is 23.4 Å². The van der Waals surface area contributed by atoms with E-state index in [1.54, 1.807) is 13.0 Å². The van der Waals surface area contributed by atoms with Gasteiger partial charge < -0.3 is 15.0 Å². The Morgan fingerprint density at radius 3 is 2.67 bits per heavy atom. The highest BCUT2D eigenvalue weighted by atomic mass is 32.2. The van der Waals surface area contributed by atoms with Crippen molar-refractivity contribution < 1.29 is 26.7 Å². The molecule has 2 amide bonds. The molecule has 0 spiro atoms. The molecule has 1 aromatic heterocycles. The van der Waals surface area contributed by atoms with Crippen LogP contribution < -0.4 is 5.32 Å². The maximum Gasteiger partial charge on any atom is 0.317 e. The number of carbonyl (C=O) groups excluding carboxylic acids is 1. The van der Waals surface area contributed by atoms with Gasteiger partial charge in [-0.25, -0.2) is 22.0 Å². The predicted molar refractivity (Wildman–Crippen MR) is 109 cm³/mol. The molecule has 1 atom stereocenters. The summed E-state index contributed by atoms with van der Waals surface area (Å²) in [6.45, 7) is 3.06. The number of halogens is 2. The number of sulfonamides is 1. The topological polar surface area (TPSA) is 79.0 Å². The van der Waals surface area contributed by atoms with Crippen LogP contribution in [0.3, 0.4) is 0 Å². The van der Waals surface area contributed by atoms with Crippen molar-refractivity contribution >= 4 is 27.4 Å². The number of nitrogens with zero attached hydrogens (tertiary/aromatic N) is 2. The van der Waals surface area contributed by atoms with Crippen LogP contribution in [-0.2, 0) is 21.3 Å². The number of amides is 2. The van der Waals surface area contributed by atoms with E-state index in [4.69, 9.17) is 4.74 Å². The molecular weight excluding hydrogens is 436 g/mol. The van der Waals surface area contributed by atoms with Crippen LogP contribution in [0.4, 0.5) is 13.6 Å². The van der Waals surface area contributed by atoms with E-state index in [-0.39, 0.29) is 16.3 Å². The van der Waals surface area contributed by atoms with Crippen molar-refractivity contribution in [2.45, 2.75) is 23.7 Å². The second kappa shape index (κ2) is 9.38. The van der Waals surface area contributed by atoms with Crippen molar-refractivity contribution in [2.75, 3.05) is 33.4 Å². The molecule has 1 unspecified atom stereocenters. The molecule has 0 aliphatic carbocycles. The standard InChI is InChI=1S/C19H23F2N3O4S2/c1-13(16-11-14(20)3-5-17(16)21)23(2)19(25)22-12-15-4-6-18(29-15)30(26,27)24-7-9-28-10-8-24/h3-6,11,13H,7-10,12H2,1-2H3,(H,22,25). The van der Waals surface area contributed by atoms with E-state index < -0.39 is 33.7 Å². The number of nitrogens with one attached hydrogen (secondary N) is 1. The number of ether oxygens (including phenoxy) is 1. The SMILES string of the molecule is CC(c1cc(F)ccc1F)N(C)C(=O)NCc1ccc(S(=O)(=O)N2CCOCC2)s1. The summed E-state index contributed by atoms with van der Waals surface area (Å²) in [4.78, 5) is 14.4. The molecule has 11 heteroatoms. The largest absolute Gasteiger partial charge is 0.379 e. The van der Waals surface area contributed by atoms with Crippen LogP contribution >= 0.6 is 11.3 Å². The third kappa shape index (κ3) is 4.97. The Morgan fingerprint density at radius 2 is 1.97 bits per heavy atom. The van der Waals surface area contributed by atoms with E-state index in [0.29, 0.717) is 31.2 Å². The molecule has 1 N–H and O–H groups in total. The summed E-state index contributed by atoms with van der Waals surface area (Å²) in [6.07, 6.45) is 0. The zero-order valence-corrected chi connectivity index (χ0v) is 18.2. The average molecular weight is 460 g/mol. The van der Waals surface area contributed by atoms with Crippen LogP contribution in [0.15, 0.2) is 34.5 Å². The number of hydrogen-bond acceptors (Lipinski definition) is 5. The van der Waals surface area contributed by atoms with E-state index in [1.165, 1.54) is 22.3 Å². The van der Waals surface area contributed by atoms with Gasteiger partial charge in [-0.1, -0.05) is 0 Å². The normalized spacial score (nSPS) is 16.3. The summed E-state index contributed by atoms with van der Waals surface area (Å²) in [5.74, 6) is -1.18. The Labute approximate surface area is 178 Å². The van der Waals surface area contributed by atoms with Gasteiger partial charge in [-0.05, 0) is 37.3 Å². The molecule has 1 aliphatic rings. The summed E-state index contributed by atoms with van der Waals surface area (Å²) in [5.41, 5.74) is 0.0719. The molecule has 1 aromatic carbocycles. The van der Waals surface area contributed by atoms with Crippen molar-refractivity contribution in [3.63, 3.8) is 0 Å². The van der Waals surface area contributed by atoms with E-state index in [1.807, 2.05) is 0 Å². The molecule has 7 nitrogen and oxygen atoms in total. The first kappa shape index (κ1) is 22.6. The fourth-order valence-corrected chi connectivity index (χ4v) is 5.87. The molecule has 2 aromatic rings. The zero-order chi connectivity index (χ0) is 21.9. The van der Waals surface area contributed by atoms with Crippen LogP contribution in [0, 0.1) is 11.6 Å². The lowest BCUT2D eigenvalue weighted by Crippen LogP contribution is -2.40. The molecular formula is C19H23F2N3O4S2. The second-order valence-corrected chi connectivity index (χ2v) is 10.2. The van der Waals surface area contributed by atoms with Crippen LogP contribution in [-0.4, -0.2) is 57.0 Å². The monoisotopic (exact) mass is 459 g/mol. The lowest BCUT2D eigenvalue weighted by atomic mass is 10.1. The lowest BCUT2D eigenvalue weighted by Gasteiger charge is -2.26. The van der Waals surface area contributed by atoms with Gasteiger partial charge in [0.05, 0.1) is 25.8 Å².